The zero-order chi connectivity index (χ0) is 11.5. The van der Waals surface area contributed by atoms with E-state index in [0.29, 0.717) is 0 Å². The summed E-state index contributed by atoms with van der Waals surface area (Å²) in [6.07, 6.45) is 5.35. The molecule has 1 N–H and O–H groups in total. The zero-order valence-electron chi connectivity index (χ0n) is 9.54. The monoisotopic (exact) mass is 199 g/mol. The van der Waals surface area contributed by atoms with Crippen molar-refractivity contribution in [2.24, 2.45) is 0 Å². The van der Waals surface area contributed by atoms with E-state index in [0.717, 1.165) is 11.1 Å². The van der Waals surface area contributed by atoms with Gasteiger partial charge in [-0.1, -0.05) is 36.4 Å². The van der Waals surface area contributed by atoms with Crippen molar-refractivity contribution in [1.29, 1.82) is 5.41 Å². The predicted molar refractivity (Wildman–Crippen MR) is 68.2 cm³/mol. The minimum Gasteiger partial charge on any atom is -0.308 e. The molecular weight excluding hydrogens is 182 g/mol. The highest BCUT2D eigenvalue weighted by atomic mass is 14.3. The molecule has 0 aliphatic heterocycles. The van der Waals surface area contributed by atoms with E-state index in [2.05, 4.69) is 11.8 Å². The van der Waals surface area contributed by atoms with Gasteiger partial charge in [0.25, 0.3) is 0 Å². The molecule has 1 aromatic rings. The van der Waals surface area contributed by atoms with Crippen LogP contribution in [0.1, 0.15) is 31.9 Å². The molecule has 0 amide bonds. The molecule has 0 saturated heterocycles. The summed E-state index contributed by atoms with van der Waals surface area (Å²) < 4.78 is 0. The van der Waals surface area contributed by atoms with E-state index in [1.54, 1.807) is 0 Å². The molecule has 78 valence electrons. The molecular formula is C14H17N. The van der Waals surface area contributed by atoms with Gasteiger partial charge in [0.15, 0.2) is 0 Å². The van der Waals surface area contributed by atoms with E-state index < -0.39 is 0 Å². The van der Waals surface area contributed by atoms with Crippen LogP contribution in [0.25, 0.3) is 6.08 Å². The number of benzene rings is 1. The topological polar surface area (TPSA) is 23.9 Å². The standard InChI is InChI=1S/C10H11N.C4H6/c1-2-5-9-6-3-4-7-10(9)8-11;1-3-4-2/h2-8,11H,1H3;1-2H3/b5-2+,11-8?;. The zero-order valence-corrected chi connectivity index (χ0v) is 9.54. The molecule has 0 spiro atoms. The molecule has 0 heterocycles. The molecule has 0 unspecified atom stereocenters. The maximum absolute atomic E-state index is 7.10. The lowest BCUT2D eigenvalue weighted by Gasteiger charge is -1.96. The van der Waals surface area contributed by atoms with Gasteiger partial charge in [-0.3, -0.25) is 0 Å². The summed E-state index contributed by atoms with van der Waals surface area (Å²) in [4.78, 5) is 0. The number of allylic oxidation sites excluding steroid dienone is 1. The molecule has 1 rings (SSSR count). The van der Waals surface area contributed by atoms with Crippen LogP contribution < -0.4 is 0 Å². The van der Waals surface area contributed by atoms with Crippen molar-refractivity contribution in [1.82, 2.24) is 0 Å². The second-order valence-electron chi connectivity index (χ2n) is 2.77. The first-order chi connectivity index (χ1) is 7.29. The van der Waals surface area contributed by atoms with E-state index in [1.807, 2.05) is 57.2 Å². The normalized spacial score (nSPS) is 8.47. The first-order valence-corrected chi connectivity index (χ1v) is 4.85. The minimum absolute atomic E-state index is 0.964. The Bertz CT molecular complexity index is 372. The Morgan fingerprint density at radius 1 is 1.07 bits per heavy atom. The van der Waals surface area contributed by atoms with Gasteiger partial charge in [0.05, 0.1) is 0 Å². The predicted octanol–water partition coefficient (Wildman–Crippen LogP) is 3.75. The van der Waals surface area contributed by atoms with Crippen LogP contribution in [0.15, 0.2) is 30.3 Å². The summed E-state index contributed by atoms with van der Waals surface area (Å²) in [5, 5.41) is 7.10. The third-order valence-electron chi connectivity index (χ3n) is 1.75. The average Bonchev–Trinajstić information content (AvgIpc) is 2.30. The van der Waals surface area contributed by atoms with Gasteiger partial charge in [0, 0.05) is 6.21 Å². The second-order valence-corrected chi connectivity index (χ2v) is 2.77. The molecule has 0 aliphatic carbocycles. The van der Waals surface area contributed by atoms with E-state index in [-0.39, 0.29) is 0 Å². The van der Waals surface area contributed by atoms with Crippen LogP contribution in [0.4, 0.5) is 0 Å². The number of rotatable bonds is 2. The summed E-state index contributed by atoms with van der Waals surface area (Å²) in [6.45, 7) is 5.61. The fraction of sp³-hybridized carbons (Fsp3) is 0.214. The van der Waals surface area contributed by atoms with Crippen LogP contribution >= 0.6 is 0 Å². The van der Waals surface area contributed by atoms with Crippen molar-refractivity contribution in [2.45, 2.75) is 20.8 Å². The molecule has 15 heavy (non-hydrogen) atoms. The van der Waals surface area contributed by atoms with Crippen molar-refractivity contribution < 1.29 is 0 Å². The lowest BCUT2D eigenvalue weighted by Crippen LogP contribution is -1.83. The Labute approximate surface area is 92.4 Å². The summed E-state index contributed by atoms with van der Waals surface area (Å²) in [5.74, 6) is 5.36. The molecule has 0 atom stereocenters. The molecule has 0 aromatic heterocycles. The average molecular weight is 199 g/mol. The van der Waals surface area contributed by atoms with Crippen molar-refractivity contribution in [3.05, 3.63) is 41.5 Å². The molecule has 1 aromatic carbocycles. The van der Waals surface area contributed by atoms with Gasteiger partial charge in [0.2, 0.25) is 0 Å². The highest BCUT2D eigenvalue weighted by Crippen LogP contribution is 2.07. The van der Waals surface area contributed by atoms with Crippen molar-refractivity contribution in [2.75, 3.05) is 0 Å². The molecule has 1 nitrogen and oxygen atoms in total. The third kappa shape index (κ3) is 5.49. The van der Waals surface area contributed by atoms with E-state index in [1.165, 1.54) is 6.21 Å². The quantitative estimate of drug-likeness (QED) is 0.554. The molecule has 0 fully saturated rings. The van der Waals surface area contributed by atoms with Crippen molar-refractivity contribution in [3.8, 4) is 11.8 Å². The first-order valence-electron chi connectivity index (χ1n) is 4.85. The Balaban J connectivity index is 0.000000423. The van der Waals surface area contributed by atoms with Crippen LogP contribution in [0, 0.1) is 17.3 Å². The summed E-state index contributed by atoms with van der Waals surface area (Å²) in [5.41, 5.74) is 2.07. The number of hydrogen-bond acceptors (Lipinski definition) is 1. The molecule has 0 aliphatic rings. The number of nitrogens with one attached hydrogen (secondary N) is 1. The maximum Gasteiger partial charge on any atom is 0.0256 e. The summed E-state index contributed by atoms with van der Waals surface area (Å²) in [7, 11) is 0. The fourth-order valence-corrected chi connectivity index (χ4v) is 0.974. The van der Waals surface area contributed by atoms with E-state index in [9.17, 15) is 0 Å². The Morgan fingerprint density at radius 2 is 1.60 bits per heavy atom. The molecule has 1 heteroatoms. The fourth-order valence-electron chi connectivity index (χ4n) is 0.974. The van der Waals surface area contributed by atoms with Crippen LogP contribution in [0.2, 0.25) is 0 Å². The van der Waals surface area contributed by atoms with Crippen molar-refractivity contribution in [3.63, 3.8) is 0 Å². The third-order valence-corrected chi connectivity index (χ3v) is 1.75. The van der Waals surface area contributed by atoms with Gasteiger partial charge in [-0.25, -0.2) is 0 Å². The Morgan fingerprint density at radius 3 is 2.00 bits per heavy atom. The van der Waals surface area contributed by atoms with Crippen LogP contribution in [-0.2, 0) is 0 Å². The second kappa shape index (κ2) is 8.77. The van der Waals surface area contributed by atoms with E-state index >= 15 is 0 Å². The highest BCUT2D eigenvalue weighted by Gasteiger charge is 1.91. The van der Waals surface area contributed by atoms with Gasteiger partial charge < -0.3 is 5.41 Å². The molecule has 0 saturated carbocycles. The van der Waals surface area contributed by atoms with Crippen molar-refractivity contribution >= 4 is 12.3 Å². The summed E-state index contributed by atoms with van der Waals surface area (Å²) >= 11 is 0. The van der Waals surface area contributed by atoms with Gasteiger partial charge in [-0.15, -0.1) is 11.8 Å². The van der Waals surface area contributed by atoms with Crippen LogP contribution in [-0.4, -0.2) is 6.21 Å². The lowest BCUT2D eigenvalue weighted by atomic mass is 10.1. The summed E-state index contributed by atoms with van der Waals surface area (Å²) in [6, 6.07) is 7.85. The first kappa shape index (κ1) is 13.2. The van der Waals surface area contributed by atoms with Crippen LogP contribution in [0.3, 0.4) is 0 Å². The molecule has 0 bridgehead atoms. The molecule has 0 radical (unpaired) electrons. The van der Waals surface area contributed by atoms with Gasteiger partial charge in [0.1, 0.15) is 0 Å². The van der Waals surface area contributed by atoms with Gasteiger partial charge >= 0.3 is 0 Å². The Kier molecular flexibility index (Phi) is 7.71. The maximum atomic E-state index is 7.10. The van der Waals surface area contributed by atoms with Gasteiger partial charge in [-0.2, -0.15) is 0 Å². The smallest absolute Gasteiger partial charge is 0.0256 e. The minimum atomic E-state index is 0.964. The largest absolute Gasteiger partial charge is 0.308 e. The van der Waals surface area contributed by atoms with E-state index in [4.69, 9.17) is 5.41 Å². The van der Waals surface area contributed by atoms with Gasteiger partial charge in [-0.05, 0) is 31.9 Å². The highest BCUT2D eigenvalue weighted by molar-refractivity contribution is 5.83. The SMILES string of the molecule is C/C=C/c1ccccc1C=N.CC#CC. The lowest BCUT2D eigenvalue weighted by molar-refractivity contribution is 1.52. The number of hydrogen-bond donors (Lipinski definition) is 1. The van der Waals surface area contributed by atoms with Crippen LogP contribution in [0.5, 0.6) is 0 Å². The Hall–Kier alpha value is -1.81.